The van der Waals surface area contributed by atoms with Gasteiger partial charge in [-0.2, -0.15) is 0 Å². The van der Waals surface area contributed by atoms with Crippen LogP contribution in [0.2, 0.25) is 0 Å². The third kappa shape index (κ3) is 5.03. The van der Waals surface area contributed by atoms with Crippen molar-refractivity contribution in [3.05, 3.63) is 24.3 Å². The minimum atomic E-state index is -4.69. The Morgan fingerprint density at radius 3 is 2.54 bits per heavy atom. The molecule has 1 aromatic rings. The molecule has 1 aliphatic heterocycles. The molecule has 0 bridgehead atoms. The van der Waals surface area contributed by atoms with Crippen LogP contribution >= 0.6 is 0 Å². The van der Waals surface area contributed by atoms with E-state index in [0.717, 1.165) is 25.8 Å². The van der Waals surface area contributed by atoms with Crippen LogP contribution in [0.25, 0.3) is 0 Å². The molecule has 2 N–H and O–H groups in total. The van der Waals surface area contributed by atoms with Crippen LogP contribution < -0.4 is 15.0 Å². The number of aliphatic carboxylic acids is 1. The monoisotopic (exact) mass is 372 g/mol. The van der Waals surface area contributed by atoms with Gasteiger partial charge in [-0.05, 0) is 44.2 Å². The van der Waals surface area contributed by atoms with E-state index in [9.17, 15) is 18.0 Å². The van der Waals surface area contributed by atoms with Crippen molar-refractivity contribution in [3.63, 3.8) is 0 Å². The first-order valence-electron chi connectivity index (χ1n) is 8.90. The van der Waals surface area contributed by atoms with Gasteiger partial charge >= 0.3 is 12.3 Å². The molecule has 1 saturated heterocycles. The van der Waals surface area contributed by atoms with E-state index in [0.29, 0.717) is 31.1 Å². The number of carboxylic acids is 1. The molecule has 1 unspecified atom stereocenters. The fourth-order valence-electron chi connectivity index (χ4n) is 3.85. The highest BCUT2D eigenvalue weighted by molar-refractivity contribution is 5.70. The zero-order valence-electron chi connectivity index (χ0n) is 14.3. The molecule has 0 aromatic heterocycles. The van der Waals surface area contributed by atoms with Gasteiger partial charge in [0.2, 0.25) is 0 Å². The smallest absolute Gasteiger partial charge is 0.481 e. The maximum absolute atomic E-state index is 12.4. The quantitative estimate of drug-likeness (QED) is 0.830. The van der Waals surface area contributed by atoms with Crippen molar-refractivity contribution in [2.45, 2.75) is 50.6 Å². The SMILES string of the molecule is O=C(O)C1CCC(NC2CCN(c3cccc(OC(F)(F)F)c3)C2)CC1. The van der Waals surface area contributed by atoms with Gasteiger partial charge in [-0.3, -0.25) is 4.79 Å². The lowest BCUT2D eigenvalue weighted by Crippen LogP contribution is -2.42. The molecule has 0 spiro atoms. The van der Waals surface area contributed by atoms with Gasteiger partial charge in [0.1, 0.15) is 5.75 Å². The van der Waals surface area contributed by atoms with Gasteiger partial charge in [-0.25, -0.2) is 0 Å². The molecule has 2 fully saturated rings. The van der Waals surface area contributed by atoms with E-state index in [1.807, 2.05) is 4.90 Å². The molecule has 144 valence electrons. The van der Waals surface area contributed by atoms with Crippen LogP contribution in [-0.4, -0.2) is 42.6 Å². The molecule has 5 nitrogen and oxygen atoms in total. The van der Waals surface area contributed by atoms with Crippen molar-refractivity contribution in [3.8, 4) is 5.75 Å². The number of anilines is 1. The van der Waals surface area contributed by atoms with Crippen LogP contribution in [0.1, 0.15) is 32.1 Å². The number of carbonyl (C=O) groups is 1. The van der Waals surface area contributed by atoms with Crippen LogP contribution in [0, 0.1) is 5.92 Å². The van der Waals surface area contributed by atoms with Gasteiger partial charge < -0.3 is 20.1 Å². The van der Waals surface area contributed by atoms with E-state index in [1.165, 1.54) is 12.1 Å². The summed E-state index contributed by atoms with van der Waals surface area (Å²) in [6.07, 6.45) is -0.697. The van der Waals surface area contributed by atoms with E-state index in [-0.39, 0.29) is 17.7 Å². The molecule has 1 saturated carbocycles. The largest absolute Gasteiger partial charge is 0.573 e. The first-order valence-corrected chi connectivity index (χ1v) is 8.90. The molecular formula is C18H23F3N2O3. The highest BCUT2D eigenvalue weighted by Gasteiger charge is 2.32. The Kier molecular flexibility index (Phi) is 5.60. The fourth-order valence-corrected chi connectivity index (χ4v) is 3.85. The van der Waals surface area contributed by atoms with E-state index in [4.69, 9.17) is 5.11 Å². The second kappa shape index (κ2) is 7.73. The van der Waals surface area contributed by atoms with Crippen LogP contribution in [0.3, 0.4) is 0 Å². The third-order valence-corrected chi connectivity index (χ3v) is 5.15. The van der Waals surface area contributed by atoms with Crippen molar-refractivity contribution in [1.82, 2.24) is 5.32 Å². The number of ether oxygens (including phenoxy) is 1. The Labute approximate surface area is 150 Å². The van der Waals surface area contributed by atoms with E-state index in [2.05, 4.69) is 10.1 Å². The minimum Gasteiger partial charge on any atom is -0.481 e. The zero-order chi connectivity index (χ0) is 18.7. The van der Waals surface area contributed by atoms with Crippen LogP contribution in [0.15, 0.2) is 24.3 Å². The lowest BCUT2D eigenvalue weighted by molar-refractivity contribution is -0.274. The Hall–Kier alpha value is -1.96. The van der Waals surface area contributed by atoms with Gasteiger partial charge in [0, 0.05) is 36.9 Å². The summed E-state index contributed by atoms with van der Waals surface area (Å²) in [7, 11) is 0. The fraction of sp³-hybridized carbons (Fsp3) is 0.611. The van der Waals surface area contributed by atoms with Crippen molar-refractivity contribution >= 4 is 11.7 Å². The molecule has 2 aliphatic rings. The molecule has 1 atom stereocenters. The van der Waals surface area contributed by atoms with Crippen molar-refractivity contribution < 1.29 is 27.8 Å². The van der Waals surface area contributed by atoms with Crippen LogP contribution in [-0.2, 0) is 4.79 Å². The van der Waals surface area contributed by atoms with Gasteiger partial charge in [0.15, 0.2) is 0 Å². The number of nitrogens with zero attached hydrogens (tertiary/aromatic N) is 1. The minimum absolute atomic E-state index is 0.210. The highest BCUT2D eigenvalue weighted by Crippen LogP contribution is 2.29. The third-order valence-electron chi connectivity index (χ3n) is 5.15. The number of rotatable bonds is 5. The van der Waals surface area contributed by atoms with E-state index >= 15 is 0 Å². The molecule has 0 radical (unpaired) electrons. The van der Waals surface area contributed by atoms with Gasteiger partial charge in [-0.15, -0.1) is 13.2 Å². The molecule has 1 heterocycles. The average molecular weight is 372 g/mol. The average Bonchev–Trinajstić information content (AvgIpc) is 3.02. The predicted molar refractivity (Wildman–Crippen MR) is 90.3 cm³/mol. The summed E-state index contributed by atoms with van der Waals surface area (Å²) in [6.45, 7) is 1.48. The Balaban J connectivity index is 1.51. The lowest BCUT2D eigenvalue weighted by Gasteiger charge is -2.29. The summed E-state index contributed by atoms with van der Waals surface area (Å²) in [5, 5.41) is 12.6. The van der Waals surface area contributed by atoms with Gasteiger partial charge in [0.05, 0.1) is 5.92 Å². The van der Waals surface area contributed by atoms with Crippen molar-refractivity contribution in [1.29, 1.82) is 0 Å². The maximum atomic E-state index is 12.4. The van der Waals surface area contributed by atoms with Crippen LogP contribution in [0.4, 0.5) is 18.9 Å². The second-order valence-corrected chi connectivity index (χ2v) is 7.03. The molecule has 1 aliphatic carbocycles. The molecule has 3 rings (SSSR count). The summed E-state index contributed by atoms with van der Waals surface area (Å²) < 4.78 is 41.1. The van der Waals surface area contributed by atoms with Crippen LogP contribution in [0.5, 0.6) is 5.75 Å². The number of halogens is 3. The highest BCUT2D eigenvalue weighted by atomic mass is 19.4. The Morgan fingerprint density at radius 2 is 1.88 bits per heavy atom. The first-order chi connectivity index (χ1) is 12.3. The number of alkyl halides is 3. The molecule has 8 heteroatoms. The summed E-state index contributed by atoms with van der Waals surface area (Å²) >= 11 is 0. The summed E-state index contributed by atoms with van der Waals surface area (Å²) in [6, 6.07) is 6.62. The summed E-state index contributed by atoms with van der Waals surface area (Å²) in [4.78, 5) is 13.1. The standard InChI is InChI=1S/C18H23F3N2O3/c19-18(20,21)26-16-3-1-2-15(10-16)23-9-8-14(11-23)22-13-6-4-12(5-7-13)17(24)25/h1-3,10,12-14,22H,4-9,11H2,(H,24,25). The van der Waals surface area contributed by atoms with Gasteiger partial charge in [-0.1, -0.05) is 6.07 Å². The number of benzene rings is 1. The van der Waals surface area contributed by atoms with Gasteiger partial charge in [0.25, 0.3) is 0 Å². The number of hydrogen-bond acceptors (Lipinski definition) is 4. The lowest BCUT2D eigenvalue weighted by atomic mass is 9.86. The maximum Gasteiger partial charge on any atom is 0.573 e. The topological polar surface area (TPSA) is 61.8 Å². The van der Waals surface area contributed by atoms with Crippen molar-refractivity contribution in [2.24, 2.45) is 5.92 Å². The van der Waals surface area contributed by atoms with E-state index < -0.39 is 12.3 Å². The first kappa shape index (κ1) is 18.8. The number of nitrogens with one attached hydrogen (secondary N) is 1. The predicted octanol–water partition coefficient (Wildman–Crippen LogP) is 3.40. The molecule has 26 heavy (non-hydrogen) atoms. The van der Waals surface area contributed by atoms with Crippen molar-refractivity contribution in [2.75, 3.05) is 18.0 Å². The Bertz CT molecular complexity index is 630. The molecule has 0 amide bonds. The molecular weight excluding hydrogens is 349 g/mol. The number of carboxylic acid groups (broad SMARTS) is 1. The van der Waals surface area contributed by atoms with E-state index in [1.54, 1.807) is 12.1 Å². The zero-order valence-corrected chi connectivity index (χ0v) is 14.3. The Morgan fingerprint density at radius 1 is 1.15 bits per heavy atom. The number of hydrogen-bond donors (Lipinski definition) is 2. The molecule has 1 aromatic carbocycles. The summed E-state index contributed by atoms with van der Waals surface area (Å²) in [5.41, 5.74) is 0.714. The summed E-state index contributed by atoms with van der Waals surface area (Å²) in [5.74, 6) is -1.15. The normalized spacial score (nSPS) is 26.7. The second-order valence-electron chi connectivity index (χ2n) is 7.03.